The van der Waals surface area contributed by atoms with Crippen molar-refractivity contribution in [3.8, 4) is 33.0 Å². The summed E-state index contributed by atoms with van der Waals surface area (Å²) in [5.74, 6) is 0.246. The number of nitrogens with zero attached hydrogens (tertiary/aromatic N) is 4. The number of nitrogens with two attached hydrogens (primary N) is 1. The van der Waals surface area contributed by atoms with E-state index >= 15 is 0 Å². The van der Waals surface area contributed by atoms with Gasteiger partial charge in [0.1, 0.15) is 21.8 Å². The third-order valence-electron chi connectivity index (χ3n) is 4.90. The number of amides is 1. The van der Waals surface area contributed by atoms with Gasteiger partial charge in [0.25, 0.3) is 5.91 Å². The van der Waals surface area contributed by atoms with Gasteiger partial charge in [-0.1, -0.05) is 29.5 Å². The van der Waals surface area contributed by atoms with Crippen molar-refractivity contribution >= 4 is 23.0 Å². The number of hydrogen-bond acceptors (Lipinski definition) is 7. The van der Waals surface area contributed by atoms with Crippen LogP contribution < -0.4 is 10.5 Å². The molecular weight excluding hydrogens is 410 g/mol. The molecule has 1 aliphatic carbocycles. The van der Waals surface area contributed by atoms with Crippen molar-refractivity contribution in [1.82, 2.24) is 10.2 Å². The summed E-state index contributed by atoms with van der Waals surface area (Å²) in [6, 6.07) is 13.6. The van der Waals surface area contributed by atoms with E-state index in [0.29, 0.717) is 17.7 Å². The number of benzene rings is 2. The molecule has 0 fully saturated rings. The van der Waals surface area contributed by atoms with Crippen LogP contribution in [0.15, 0.2) is 41.4 Å². The van der Waals surface area contributed by atoms with Crippen LogP contribution in [0.1, 0.15) is 37.0 Å². The van der Waals surface area contributed by atoms with Gasteiger partial charge in [0.15, 0.2) is 0 Å². The fourth-order valence-electron chi connectivity index (χ4n) is 3.57. The van der Waals surface area contributed by atoms with Crippen molar-refractivity contribution in [1.29, 1.82) is 5.26 Å². The summed E-state index contributed by atoms with van der Waals surface area (Å²) in [6.45, 7) is 3.75. The Morgan fingerprint density at radius 3 is 2.74 bits per heavy atom. The number of carbonyl (C=O) groups excluding carboxylic acids is 1. The van der Waals surface area contributed by atoms with Crippen LogP contribution in [0.2, 0.25) is 0 Å². The van der Waals surface area contributed by atoms with Crippen LogP contribution in [0.3, 0.4) is 0 Å². The summed E-state index contributed by atoms with van der Waals surface area (Å²) in [4.78, 5) is 15.8. The maximum Gasteiger partial charge on any atom is 0.259 e. The van der Waals surface area contributed by atoms with Crippen molar-refractivity contribution in [3.05, 3.63) is 53.1 Å². The number of aliphatic imine (C=N–C) groups is 1. The van der Waals surface area contributed by atoms with Gasteiger partial charge in [-0.3, -0.25) is 4.79 Å². The normalized spacial score (nSPS) is 14.0. The van der Waals surface area contributed by atoms with Crippen molar-refractivity contribution in [2.24, 2.45) is 10.7 Å². The SMILES string of the molecule is CC(C)Oc1ccc(-c2nnc(-c3cccc4c3CCC4=NC(=O)CN)s2)cc1C#N. The third kappa shape index (κ3) is 4.24. The summed E-state index contributed by atoms with van der Waals surface area (Å²) in [6.07, 6.45) is 1.48. The predicted octanol–water partition coefficient (Wildman–Crippen LogP) is 3.75. The molecule has 156 valence electrons. The average Bonchev–Trinajstić information content (AvgIpc) is 3.41. The van der Waals surface area contributed by atoms with Crippen LogP contribution in [-0.2, 0) is 11.2 Å². The van der Waals surface area contributed by atoms with E-state index in [2.05, 4.69) is 21.3 Å². The van der Waals surface area contributed by atoms with Crippen molar-refractivity contribution in [2.75, 3.05) is 6.54 Å². The van der Waals surface area contributed by atoms with Gasteiger partial charge in [0, 0.05) is 11.1 Å². The van der Waals surface area contributed by atoms with Gasteiger partial charge in [0.2, 0.25) is 0 Å². The van der Waals surface area contributed by atoms with Gasteiger partial charge in [-0.15, -0.1) is 10.2 Å². The highest BCUT2D eigenvalue weighted by Crippen LogP contribution is 2.37. The second-order valence-electron chi connectivity index (χ2n) is 7.39. The van der Waals surface area contributed by atoms with Gasteiger partial charge in [-0.2, -0.15) is 5.26 Å². The quantitative estimate of drug-likeness (QED) is 0.658. The van der Waals surface area contributed by atoms with Gasteiger partial charge in [-0.05, 0) is 56.0 Å². The first-order valence-corrected chi connectivity index (χ1v) is 10.8. The van der Waals surface area contributed by atoms with Crippen LogP contribution in [0.25, 0.3) is 21.1 Å². The maximum atomic E-state index is 11.7. The smallest absolute Gasteiger partial charge is 0.259 e. The van der Waals surface area contributed by atoms with Crippen LogP contribution in [0.5, 0.6) is 5.75 Å². The van der Waals surface area contributed by atoms with Crippen LogP contribution in [0, 0.1) is 11.3 Å². The second kappa shape index (κ2) is 8.76. The van der Waals surface area contributed by atoms with E-state index in [1.807, 2.05) is 38.1 Å². The van der Waals surface area contributed by atoms with Crippen molar-refractivity contribution < 1.29 is 9.53 Å². The molecule has 0 saturated carbocycles. The molecule has 4 rings (SSSR count). The van der Waals surface area contributed by atoms with Crippen LogP contribution >= 0.6 is 11.3 Å². The number of carbonyl (C=O) groups is 1. The molecule has 0 unspecified atom stereocenters. The standard InChI is InChI=1S/C23H21N5O2S/c1-13(2)30-20-9-6-14(10-15(20)11-24)22-27-28-23(31-22)18-5-3-4-17-16(18)7-8-19(17)26-21(29)12-25/h3-6,9-10,13H,7-8,12,25H2,1-2H3. The zero-order chi connectivity index (χ0) is 22.0. The Hall–Kier alpha value is -3.41. The Balaban J connectivity index is 1.68. The lowest BCUT2D eigenvalue weighted by Crippen LogP contribution is -2.13. The molecule has 0 aliphatic heterocycles. The van der Waals surface area contributed by atoms with E-state index in [1.54, 1.807) is 12.1 Å². The molecule has 1 heterocycles. The molecule has 2 aromatic carbocycles. The lowest BCUT2D eigenvalue weighted by atomic mass is 10.0. The number of ether oxygens (including phenoxy) is 1. The van der Waals surface area contributed by atoms with Gasteiger partial charge < -0.3 is 10.5 Å². The minimum atomic E-state index is -0.315. The Labute approximate surface area is 184 Å². The van der Waals surface area contributed by atoms with E-state index < -0.39 is 0 Å². The number of hydrogen-bond donors (Lipinski definition) is 1. The van der Waals surface area contributed by atoms with Crippen LogP contribution in [0.4, 0.5) is 0 Å². The lowest BCUT2D eigenvalue weighted by molar-refractivity contribution is -0.116. The molecule has 3 aromatic rings. The fourth-order valence-corrected chi connectivity index (χ4v) is 4.47. The molecule has 0 bridgehead atoms. The van der Waals surface area contributed by atoms with Gasteiger partial charge in [0.05, 0.1) is 23.9 Å². The molecule has 8 heteroatoms. The van der Waals surface area contributed by atoms with Crippen LogP contribution in [-0.4, -0.2) is 34.5 Å². The predicted molar refractivity (Wildman–Crippen MR) is 120 cm³/mol. The van der Waals surface area contributed by atoms with Gasteiger partial charge in [-0.25, -0.2) is 4.99 Å². The zero-order valence-electron chi connectivity index (χ0n) is 17.3. The van der Waals surface area contributed by atoms with E-state index in [1.165, 1.54) is 11.3 Å². The summed E-state index contributed by atoms with van der Waals surface area (Å²) in [5.41, 5.74) is 10.5. The third-order valence-corrected chi connectivity index (χ3v) is 5.90. The van der Waals surface area contributed by atoms with E-state index in [9.17, 15) is 10.1 Å². The summed E-state index contributed by atoms with van der Waals surface area (Å²) >= 11 is 1.46. The first kappa shape index (κ1) is 20.8. The summed E-state index contributed by atoms with van der Waals surface area (Å²) in [7, 11) is 0. The molecule has 0 atom stereocenters. The molecule has 31 heavy (non-hydrogen) atoms. The van der Waals surface area contributed by atoms with Gasteiger partial charge >= 0.3 is 0 Å². The van der Waals surface area contributed by atoms with E-state index in [-0.39, 0.29) is 18.6 Å². The number of nitriles is 1. The minimum absolute atomic E-state index is 0.0140. The molecule has 0 spiro atoms. The number of aromatic nitrogens is 2. The van der Waals surface area contributed by atoms with Crippen molar-refractivity contribution in [2.45, 2.75) is 32.8 Å². The largest absolute Gasteiger partial charge is 0.490 e. The second-order valence-corrected chi connectivity index (χ2v) is 8.37. The highest BCUT2D eigenvalue weighted by molar-refractivity contribution is 7.17. The topological polar surface area (TPSA) is 114 Å². The molecule has 1 amide bonds. The molecule has 0 saturated heterocycles. The number of fused-ring (bicyclic) bond motifs is 1. The fraction of sp³-hybridized carbons (Fsp3) is 0.261. The molecule has 0 radical (unpaired) electrons. The Morgan fingerprint density at radius 2 is 2.00 bits per heavy atom. The highest BCUT2D eigenvalue weighted by atomic mass is 32.1. The molecule has 7 nitrogen and oxygen atoms in total. The van der Waals surface area contributed by atoms with E-state index in [4.69, 9.17) is 10.5 Å². The Morgan fingerprint density at radius 1 is 1.23 bits per heavy atom. The molecule has 1 aromatic heterocycles. The molecule has 2 N–H and O–H groups in total. The number of rotatable bonds is 5. The zero-order valence-corrected chi connectivity index (χ0v) is 18.1. The molecule has 1 aliphatic rings. The lowest BCUT2D eigenvalue weighted by Gasteiger charge is -2.11. The molecular formula is C23H21N5O2S. The summed E-state index contributed by atoms with van der Waals surface area (Å²) in [5, 5.41) is 19.8. The first-order valence-electron chi connectivity index (χ1n) is 9.98. The minimum Gasteiger partial charge on any atom is -0.490 e. The van der Waals surface area contributed by atoms with E-state index in [0.717, 1.165) is 44.4 Å². The van der Waals surface area contributed by atoms with Crippen molar-refractivity contribution in [3.63, 3.8) is 0 Å². The Kier molecular flexibility index (Phi) is 5.89. The summed E-state index contributed by atoms with van der Waals surface area (Å²) < 4.78 is 5.70. The average molecular weight is 432 g/mol. The Bertz CT molecular complexity index is 1220. The highest BCUT2D eigenvalue weighted by Gasteiger charge is 2.23. The monoisotopic (exact) mass is 431 g/mol. The maximum absolute atomic E-state index is 11.7. The first-order chi connectivity index (χ1) is 15.0.